The maximum absolute atomic E-state index is 12.8. The van der Waals surface area contributed by atoms with E-state index in [0.717, 1.165) is 16.9 Å². The Kier molecular flexibility index (Phi) is 9.17. The molecule has 0 fully saturated rings. The van der Waals surface area contributed by atoms with Crippen molar-refractivity contribution in [1.29, 1.82) is 0 Å². The maximum atomic E-state index is 12.8. The molecule has 2 aromatic rings. The Labute approximate surface area is 201 Å². The summed E-state index contributed by atoms with van der Waals surface area (Å²) in [5, 5.41) is 3.30. The molecule has 1 unspecified atom stereocenters. The molecule has 0 bridgehead atoms. The van der Waals surface area contributed by atoms with Crippen molar-refractivity contribution < 1.29 is 23.8 Å². The van der Waals surface area contributed by atoms with E-state index in [0.29, 0.717) is 11.4 Å². The van der Waals surface area contributed by atoms with Crippen LogP contribution in [0.25, 0.3) is 0 Å². The zero-order chi connectivity index (χ0) is 24.6. The van der Waals surface area contributed by atoms with E-state index in [1.54, 1.807) is 32.9 Å². The topological polar surface area (TPSA) is 73.9 Å². The largest absolute Gasteiger partial charge is 0.488 e. The fourth-order valence-corrected chi connectivity index (χ4v) is 3.07. The van der Waals surface area contributed by atoms with Crippen LogP contribution in [0, 0.1) is 0 Å². The monoisotopic (exact) mass is 475 g/mol. The third-order valence-electron chi connectivity index (χ3n) is 4.31. The van der Waals surface area contributed by atoms with Gasteiger partial charge in [0.25, 0.3) is 0 Å². The number of ether oxygens (including phenoxy) is 3. The molecule has 0 saturated carbocycles. The molecule has 0 aromatic heterocycles. The van der Waals surface area contributed by atoms with Crippen LogP contribution in [0.3, 0.4) is 0 Å². The summed E-state index contributed by atoms with van der Waals surface area (Å²) in [5.41, 5.74) is 0.861. The van der Waals surface area contributed by atoms with E-state index in [-0.39, 0.29) is 18.6 Å². The molecule has 1 amide bonds. The first-order chi connectivity index (χ1) is 15.3. The van der Waals surface area contributed by atoms with Gasteiger partial charge in [-0.15, -0.1) is 0 Å². The Balaban J connectivity index is 2.00. The quantitative estimate of drug-likeness (QED) is 0.493. The van der Waals surface area contributed by atoms with E-state index in [2.05, 4.69) is 5.32 Å². The van der Waals surface area contributed by atoms with Gasteiger partial charge in [-0.05, 0) is 76.9 Å². The number of rotatable bonds is 8. The molecule has 0 spiro atoms. The second kappa shape index (κ2) is 11.4. The molecule has 0 aliphatic carbocycles. The van der Waals surface area contributed by atoms with Gasteiger partial charge in [0.2, 0.25) is 0 Å². The Morgan fingerprint density at radius 3 is 2.00 bits per heavy atom. The first-order valence-corrected chi connectivity index (χ1v) is 11.4. The minimum absolute atomic E-state index is 0.174. The summed E-state index contributed by atoms with van der Waals surface area (Å²) < 4.78 is 16.6. The summed E-state index contributed by atoms with van der Waals surface area (Å²) in [6, 6.07) is 13.9. The van der Waals surface area contributed by atoms with Gasteiger partial charge in [0.15, 0.2) is 0 Å². The lowest BCUT2D eigenvalue weighted by atomic mass is 10.1. The molecule has 33 heavy (non-hydrogen) atoms. The number of carbonyl (C=O) groups is 2. The van der Waals surface area contributed by atoms with Gasteiger partial charge in [0, 0.05) is 17.9 Å². The Bertz CT molecular complexity index is 912. The first-order valence-electron chi connectivity index (χ1n) is 11.0. The lowest BCUT2D eigenvalue weighted by Crippen LogP contribution is -2.45. The SMILES string of the molecule is CC(C)(C)OC(=O)C(Cc1ccc(OC(C)(C)C)cc1)NC(=O)OCCc1ccc(Cl)cc1. The molecule has 0 aliphatic rings. The van der Waals surface area contributed by atoms with E-state index in [9.17, 15) is 9.59 Å². The number of alkyl carbamates (subject to hydrolysis) is 1. The van der Waals surface area contributed by atoms with Crippen LogP contribution in [0.5, 0.6) is 5.75 Å². The molecule has 7 heteroatoms. The molecule has 2 rings (SSSR count). The molecular weight excluding hydrogens is 442 g/mol. The second-order valence-corrected chi connectivity index (χ2v) is 10.2. The van der Waals surface area contributed by atoms with Gasteiger partial charge in [-0.3, -0.25) is 0 Å². The van der Waals surface area contributed by atoms with Crippen molar-refractivity contribution in [3.05, 3.63) is 64.7 Å². The van der Waals surface area contributed by atoms with Gasteiger partial charge >= 0.3 is 12.1 Å². The van der Waals surface area contributed by atoms with Crippen molar-refractivity contribution in [3.8, 4) is 5.75 Å². The minimum Gasteiger partial charge on any atom is -0.488 e. The molecule has 180 valence electrons. The van der Waals surface area contributed by atoms with Crippen LogP contribution < -0.4 is 10.1 Å². The zero-order valence-electron chi connectivity index (χ0n) is 20.2. The number of esters is 1. The van der Waals surface area contributed by atoms with Gasteiger partial charge in [0.1, 0.15) is 23.0 Å². The average Bonchev–Trinajstić information content (AvgIpc) is 2.68. The first kappa shape index (κ1) is 26.5. The van der Waals surface area contributed by atoms with Crippen LogP contribution >= 0.6 is 11.6 Å². The summed E-state index contributed by atoms with van der Waals surface area (Å²) >= 11 is 5.89. The lowest BCUT2D eigenvalue weighted by Gasteiger charge is -2.25. The third kappa shape index (κ3) is 10.6. The highest BCUT2D eigenvalue weighted by Gasteiger charge is 2.27. The predicted octanol–water partition coefficient (Wildman–Crippen LogP) is 5.74. The maximum Gasteiger partial charge on any atom is 0.407 e. The summed E-state index contributed by atoms with van der Waals surface area (Å²) in [6.07, 6.45) is 0.126. The van der Waals surface area contributed by atoms with Crippen LogP contribution in [0.2, 0.25) is 5.02 Å². The molecule has 1 N–H and O–H groups in total. The Morgan fingerprint density at radius 1 is 0.879 bits per heavy atom. The highest BCUT2D eigenvalue weighted by atomic mass is 35.5. The smallest absolute Gasteiger partial charge is 0.407 e. The molecule has 0 heterocycles. The van der Waals surface area contributed by atoms with Crippen molar-refractivity contribution in [1.82, 2.24) is 5.32 Å². The number of amides is 1. The van der Waals surface area contributed by atoms with Crippen LogP contribution in [-0.4, -0.2) is 35.9 Å². The van der Waals surface area contributed by atoms with E-state index in [1.807, 2.05) is 57.2 Å². The normalized spacial score (nSPS) is 12.6. The highest BCUT2D eigenvalue weighted by molar-refractivity contribution is 6.30. The fraction of sp³-hybridized carbons (Fsp3) is 0.462. The third-order valence-corrected chi connectivity index (χ3v) is 4.56. The summed E-state index contributed by atoms with van der Waals surface area (Å²) in [5.74, 6) is 0.210. The highest BCUT2D eigenvalue weighted by Crippen LogP contribution is 2.20. The number of benzene rings is 2. The summed E-state index contributed by atoms with van der Waals surface area (Å²) in [6.45, 7) is 11.4. The number of halogens is 1. The second-order valence-electron chi connectivity index (χ2n) is 9.81. The number of nitrogens with one attached hydrogen (secondary N) is 1. The van der Waals surface area contributed by atoms with Crippen molar-refractivity contribution in [2.24, 2.45) is 0 Å². The summed E-state index contributed by atoms with van der Waals surface area (Å²) in [7, 11) is 0. The standard InChI is InChI=1S/C26H34ClNO5/c1-25(2,3)32-21-13-9-19(10-14-21)17-22(23(29)33-26(4,5)6)28-24(30)31-16-15-18-7-11-20(27)12-8-18/h7-14,22H,15-17H2,1-6H3,(H,28,30). The summed E-state index contributed by atoms with van der Waals surface area (Å²) in [4.78, 5) is 25.1. The lowest BCUT2D eigenvalue weighted by molar-refractivity contribution is -0.157. The Morgan fingerprint density at radius 2 is 1.45 bits per heavy atom. The number of hydrogen-bond acceptors (Lipinski definition) is 5. The van der Waals surface area contributed by atoms with Crippen LogP contribution in [-0.2, 0) is 27.1 Å². The van der Waals surface area contributed by atoms with E-state index in [4.69, 9.17) is 25.8 Å². The van der Waals surface area contributed by atoms with Gasteiger partial charge in [-0.1, -0.05) is 35.9 Å². The van der Waals surface area contributed by atoms with Crippen LogP contribution in [0.15, 0.2) is 48.5 Å². The van der Waals surface area contributed by atoms with E-state index in [1.165, 1.54) is 0 Å². The average molecular weight is 476 g/mol. The molecule has 0 saturated heterocycles. The fourth-order valence-electron chi connectivity index (χ4n) is 2.95. The molecule has 6 nitrogen and oxygen atoms in total. The van der Waals surface area contributed by atoms with Crippen molar-refractivity contribution in [2.45, 2.75) is 71.6 Å². The van der Waals surface area contributed by atoms with E-state index >= 15 is 0 Å². The minimum atomic E-state index is -0.887. The van der Waals surface area contributed by atoms with Crippen LogP contribution in [0.4, 0.5) is 4.79 Å². The van der Waals surface area contributed by atoms with E-state index < -0.39 is 23.7 Å². The molecule has 0 aliphatic heterocycles. The molecule has 2 aromatic carbocycles. The number of carbonyl (C=O) groups excluding carboxylic acids is 2. The Hall–Kier alpha value is -2.73. The molecule has 1 atom stereocenters. The molecular formula is C26H34ClNO5. The predicted molar refractivity (Wildman–Crippen MR) is 130 cm³/mol. The number of hydrogen-bond donors (Lipinski definition) is 1. The van der Waals surface area contributed by atoms with Gasteiger partial charge in [-0.2, -0.15) is 0 Å². The van der Waals surface area contributed by atoms with Gasteiger partial charge in [0.05, 0.1) is 6.61 Å². The van der Waals surface area contributed by atoms with Crippen molar-refractivity contribution in [2.75, 3.05) is 6.61 Å². The molecule has 0 radical (unpaired) electrons. The van der Waals surface area contributed by atoms with Crippen molar-refractivity contribution >= 4 is 23.7 Å². The van der Waals surface area contributed by atoms with Gasteiger partial charge in [-0.25, -0.2) is 9.59 Å². The van der Waals surface area contributed by atoms with Crippen LogP contribution in [0.1, 0.15) is 52.7 Å². The zero-order valence-corrected chi connectivity index (χ0v) is 21.0. The van der Waals surface area contributed by atoms with Gasteiger partial charge < -0.3 is 19.5 Å². The van der Waals surface area contributed by atoms with Crippen molar-refractivity contribution in [3.63, 3.8) is 0 Å².